The highest BCUT2D eigenvalue weighted by Gasteiger charge is 2.59. The van der Waals surface area contributed by atoms with E-state index in [-0.39, 0.29) is 12.1 Å². The van der Waals surface area contributed by atoms with Crippen molar-refractivity contribution < 1.29 is 9.53 Å². The van der Waals surface area contributed by atoms with Crippen molar-refractivity contribution in [2.24, 2.45) is 46.3 Å². The van der Waals surface area contributed by atoms with Gasteiger partial charge >= 0.3 is 5.97 Å². The Morgan fingerprint density at radius 3 is 2.32 bits per heavy atom. The number of allylic oxidation sites excluding steroid dienone is 7. The molecule has 0 aromatic carbocycles. The van der Waals surface area contributed by atoms with Crippen molar-refractivity contribution in [2.45, 2.75) is 182 Å². The van der Waals surface area contributed by atoms with Crippen LogP contribution in [0.5, 0.6) is 0 Å². The molecule has 8 unspecified atom stereocenters. The third-order valence-electron chi connectivity index (χ3n) is 13.6. The summed E-state index contributed by atoms with van der Waals surface area (Å²) in [4.78, 5) is 12.8. The molecule has 0 heterocycles. The van der Waals surface area contributed by atoms with Crippen LogP contribution in [0.2, 0.25) is 0 Å². The zero-order valence-electron chi connectivity index (χ0n) is 31.7. The molecule has 8 atom stereocenters. The minimum absolute atomic E-state index is 0.0435. The highest BCUT2D eigenvalue weighted by molar-refractivity contribution is 5.69. The number of hydrogen-bond donors (Lipinski definition) is 0. The number of ether oxygens (including phenoxy) is 1. The fourth-order valence-electron chi connectivity index (χ4n) is 10.9. The molecule has 4 aliphatic carbocycles. The van der Waals surface area contributed by atoms with Crippen molar-refractivity contribution in [3.05, 3.63) is 48.1 Å². The summed E-state index contributed by atoms with van der Waals surface area (Å²) < 4.78 is 6.12. The van der Waals surface area contributed by atoms with E-state index >= 15 is 0 Å². The second-order valence-corrected chi connectivity index (χ2v) is 17.2. The number of hydrogen-bond acceptors (Lipinski definition) is 2. The van der Waals surface area contributed by atoms with Crippen LogP contribution in [0.25, 0.3) is 0 Å². The highest BCUT2D eigenvalue weighted by Crippen LogP contribution is 2.67. The maximum atomic E-state index is 12.8. The topological polar surface area (TPSA) is 26.3 Å². The quantitative estimate of drug-likeness (QED) is 0.0793. The first kappa shape index (κ1) is 38.2. The zero-order valence-corrected chi connectivity index (χ0v) is 31.7. The molecule has 0 aromatic rings. The second kappa shape index (κ2) is 19.0. The molecular formula is C45H74O2. The van der Waals surface area contributed by atoms with Crippen LogP contribution in [0.4, 0.5) is 0 Å². The Morgan fingerprint density at radius 1 is 0.830 bits per heavy atom. The third-order valence-corrected chi connectivity index (χ3v) is 13.6. The van der Waals surface area contributed by atoms with Gasteiger partial charge in [0.2, 0.25) is 0 Å². The lowest BCUT2D eigenvalue weighted by Gasteiger charge is -2.58. The average Bonchev–Trinajstić information content (AvgIpc) is 3.40. The van der Waals surface area contributed by atoms with Crippen molar-refractivity contribution in [2.75, 3.05) is 0 Å². The molecule has 0 radical (unpaired) electrons. The first-order valence-corrected chi connectivity index (χ1v) is 20.5. The van der Waals surface area contributed by atoms with Crippen LogP contribution in [0.1, 0.15) is 176 Å². The Balaban J connectivity index is 1.13. The summed E-state index contributed by atoms with van der Waals surface area (Å²) in [5.74, 6) is 5.28. The fraction of sp³-hybridized carbons (Fsp3) is 0.800. The summed E-state index contributed by atoms with van der Waals surface area (Å²) in [6.45, 7) is 14.8. The lowest BCUT2D eigenvalue weighted by Crippen LogP contribution is -2.51. The Bertz CT molecular complexity index is 1060. The van der Waals surface area contributed by atoms with Crippen LogP contribution in [0.3, 0.4) is 0 Å². The molecule has 4 rings (SSSR count). The standard InChI is InChI=1S/C45H74O2/c1-7-8-9-10-11-12-13-14-15-16-17-18-19-20-21-25-43(46)47-38-30-32-44(5)37(34-38)26-27-39-41-29-28-40(36(4)24-22-23-35(2)3)45(41,6)33-31-42(39)44/h8-9,11-12,14-15,26,35-36,38-42H,7,10,13,16-25,27-34H2,1-6H3/b9-8-,12-11-,15-14-. The molecule has 3 fully saturated rings. The van der Waals surface area contributed by atoms with Gasteiger partial charge in [0.25, 0.3) is 0 Å². The van der Waals surface area contributed by atoms with Crippen molar-refractivity contribution >= 4 is 5.97 Å². The minimum atomic E-state index is 0.0435. The molecule has 2 nitrogen and oxygen atoms in total. The average molecular weight is 647 g/mol. The SMILES string of the molecule is CC/C=C\C/C=C\C/C=C\CCCCCCCC(=O)OC1CCC2(C)C(=CCC3C2CCC2(C)C(C(C)CCCC(C)C)CCC32)C1. The lowest BCUT2D eigenvalue weighted by atomic mass is 9.47. The summed E-state index contributed by atoms with van der Waals surface area (Å²) in [6, 6.07) is 0. The normalized spacial score (nSPS) is 32.9. The van der Waals surface area contributed by atoms with Crippen molar-refractivity contribution in [1.29, 1.82) is 0 Å². The van der Waals surface area contributed by atoms with Gasteiger partial charge in [-0.3, -0.25) is 4.79 Å². The fourth-order valence-corrected chi connectivity index (χ4v) is 10.9. The summed E-state index contributed by atoms with van der Waals surface area (Å²) >= 11 is 0. The first-order chi connectivity index (χ1) is 22.7. The van der Waals surface area contributed by atoms with E-state index in [2.05, 4.69) is 84.1 Å². The third kappa shape index (κ3) is 10.5. The molecule has 0 saturated heterocycles. The van der Waals surface area contributed by atoms with Gasteiger partial charge in [0, 0.05) is 12.8 Å². The van der Waals surface area contributed by atoms with Crippen LogP contribution < -0.4 is 0 Å². The number of fused-ring (bicyclic) bond motifs is 5. The van der Waals surface area contributed by atoms with E-state index in [0.717, 1.165) is 80.5 Å². The van der Waals surface area contributed by atoms with Gasteiger partial charge < -0.3 is 4.74 Å². The molecule has 0 amide bonds. The van der Waals surface area contributed by atoms with Crippen molar-refractivity contribution in [1.82, 2.24) is 0 Å². The van der Waals surface area contributed by atoms with Gasteiger partial charge in [0.15, 0.2) is 0 Å². The lowest BCUT2D eigenvalue weighted by molar-refractivity contribution is -0.151. The molecule has 2 heteroatoms. The smallest absolute Gasteiger partial charge is 0.306 e. The summed E-state index contributed by atoms with van der Waals surface area (Å²) in [6.07, 6.45) is 41.7. The van der Waals surface area contributed by atoms with E-state index in [1.165, 1.54) is 83.5 Å². The van der Waals surface area contributed by atoms with Crippen LogP contribution in [0, 0.1) is 46.3 Å². The maximum Gasteiger partial charge on any atom is 0.306 e. The van der Waals surface area contributed by atoms with Gasteiger partial charge in [0.1, 0.15) is 6.10 Å². The Hall–Kier alpha value is -1.57. The number of esters is 1. The highest BCUT2D eigenvalue weighted by atomic mass is 16.5. The Labute approximate surface area is 291 Å². The van der Waals surface area contributed by atoms with E-state index in [0.29, 0.717) is 17.3 Å². The van der Waals surface area contributed by atoms with E-state index in [1.807, 2.05) is 0 Å². The number of rotatable bonds is 19. The zero-order chi connectivity index (χ0) is 33.7. The molecular weight excluding hydrogens is 572 g/mol. The summed E-state index contributed by atoms with van der Waals surface area (Å²) in [5.41, 5.74) is 2.51. The predicted molar refractivity (Wildman–Crippen MR) is 202 cm³/mol. The van der Waals surface area contributed by atoms with Gasteiger partial charge in [-0.05, 0) is 130 Å². The molecule has 3 saturated carbocycles. The predicted octanol–water partition coefficient (Wildman–Crippen LogP) is 13.5. The first-order valence-electron chi connectivity index (χ1n) is 20.5. The molecule has 0 spiro atoms. The van der Waals surface area contributed by atoms with Crippen LogP contribution in [-0.4, -0.2) is 12.1 Å². The second-order valence-electron chi connectivity index (χ2n) is 17.2. The number of carbonyl (C=O) groups is 1. The number of unbranched alkanes of at least 4 members (excludes halogenated alkanes) is 5. The van der Waals surface area contributed by atoms with E-state index in [1.54, 1.807) is 5.57 Å². The van der Waals surface area contributed by atoms with Crippen molar-refractivity contribution in [3.8, 4) is 0 Å². The van der Waals surface area contributed by atoms with E-state index < -0.39 is 0 Å². The van der Waals surface area contributed by atoms with Gasteiger partial charge in [-0.25, -0.2) is 0 Å². The number of carbonyl (C=O) groups excluding carboxylic acids is 1. The van der Waals surface area contributed by atoms with Gasteiger partial charge in [0.05, 0.1) is 0 Å². The van der Waals surface area contributed by atoms with Crippen LogP contribution in [0.15, 0.2) is 48.1 Å². The molecule has 0 aliphatic heterocycles. The summed E-state index contributed by atoms with van der Waals surface area (Å²) in [7, 11) is 0. The van der Waals surface area contributed by atoms with Gasteiger partial charge in [-0.15, -0.1) is 0 Å². The van der Waals surface area contributed by atoms with Gasteiger partial charge in [-0.2, -0.15) is 0 Å². The van der Waals surface area contributed by atoms with Crippen molar-refractivity contribution in [3.63, 3.8) is 0 Å². The molecule has 4 aliphatic rings. The Kier molecular flexibility index (Phi) is 15.4. The largest absolute Gasteiger partial charge is 0.462 e. The minimum Gasteiger partial charge on any atom is -0.462 e. The van der Waals surface area contributed by atoms with Crippen LogP contribution in [-0.2, 0) is 9.53 Å². The molecule has 47 heavy (non-hydrogen) atoms. The van der Waals surface area contributed by atoms with E-state index in [9.17, 15) is 4.79 Å². The van der Waals surface area contributed by atoms with E-state index in [4.69, 9.17) is 4.74 Å². The molecule has 0 aromatic heterocycles. The maximum absolute atomic E-state index is 12.8. The Morgan fingerprint density at radius 2 is 1.55 bits per heavy atom. The monoisotopic (exact) mass is 647 g/mol. The molecule has 266 valence electrons. The summed E-state index contributed by atoms with van der Waals surface area (Å²) in [5, 5.41) is 0. The molecule has 0 N–H and O–H groups in total. The van der Waals surface area contributed by atoms with Crippen LogP contribution >= 0.6 is 0 Å². The van der Waals surface area contributed by atoms with Gasteiger partial charge in [-0.1, -0.05) is 128 Å². The molecule has 0 bridgehead atoms.